The Labute approximate surface area is 138 Å². The van der Waals surface area contributed by atoms with E-state index in [1.165, 1.54) is 0 Å². The van der Waals surface area contributed by atoms with Crippen molar-refractivity contribution in [2.45, 2.75) is 12.5 Å². The standard InChI is InChI=1S/C13H20BrN3O4S/c1-16(2)6-7-17(10-5-8-22(19,20)9-10)13(18)15-12-4-3-11(14)21-12/h3-4,10H,5-9H2,1-2H3,(H,15,18). The summed E-state index contributed by atoms with van der Waals surface area (Å²) in [4.78, 5) is 16.0. The fourth-order valence-electron chi connectivity index (χ4n) is 2.34. The van der Waals surface area contributed by atoms with E-state index in [-0.39, 0.29) is 23.6 Å². The number of hydrogen-bond donors (Lipinski definition) is 1. The minimum Gasteiger partial charge on any atom is -0.434 e. The van der Waals surface area contributed by atoms with Gasteiger partial charge in [0.05, 0.1) is 11.5 Å². The number of halogens is 1. The van der Waals surface area contributed by atoms with Crippen LogP contribution in [0.5, 0.6) is 0 Å². The normalized spacial score (nSPS) is 20.3. The zero-order valence-electron chi connectivity index (χ0n) is 12.6. The molecule has 0 aromatic carbocycles. The van der Waals surface area contributed by atoms with Crippen LogP contribution in [0.1, 0.15) is 6.42 Å². The lowest BCUT2D eigenvalue weighted by atomic mass is 10.2. The SMILES string of the molecule is CN(C)CCN(C(=O)Nc1ccc(Br)o1)C1CCS(=O)(=O)C1. The van der Waals surface area contributed by atoms with E-state index < -0.39 is 9.84 Å². The minimum absolute atomic E-state index is 0.0235. The first-order valence-corrected chi connectivity index (χ1v) is 9.56. The lowest BCUT2D eigenvalue weighted by Gasteiger charge is -2.29. The van der Waals surface area contributed by atoms with Crippen molar-refractivity contribution in [3.05, 3.63) is 16.8 Å². The number of rotatable bonds is 5. The van der Waals surface area contributed by atoms with Crippen LogP contribution in [0.4, 0.5) is 10.7 Å². The van der Waals surface area contributed by atoms with Crippen molar-refractivity contribution in [2.75, 3.05) is 44.0 Å². The molecule has 0 spiro atoms. The fourth-order valence-corrected chi connectivity index (χ4v) is 4.37. The quantitative estimate of drug-likeness (QED) is 0.821. The molecule has 2 rings (SSSR count). The van der Waals surface area contributed by atoms with Gasteiger partial charge in [-0.25, -0.2) is 13.2 Å². The largest absolute Gasteiger partial charge is 0.434 e. The van der Waals surface area contributed by atoms with E-state index in [2.05, 4.69) is 21.2 Å². The maximum absolute atomic E-state index is 12.5. The Kier molecular flexibility index (Phi) is 5.51. The first kappa shape index (κ1) is 17.3. The summed E-state index contributed by atoms with van der Waals surface area (Å²) in [5, 5.41) is 2.67. The second kappa shape index (κ2) is 7.01. The summed E-state index contributed by atoms with van der Waals surface area (Å²) >= 11 is 3.17. The van der Waals surface area contributed by atoms with Gasteiger partial charge in [0.25, 0.3) is 0 Å². The fraction of sp³-hybridized carbons (Fsp3) is 0.615. The molecule has 1 aliphatic heterocycles. The molecule has 1 aromatic heterocycles. The van der Waals surface area contributed by atoms with Gasteiger partial charge in [-0.05, 0) is 42.5 Å². The van der Waals surface area contributed by atoms with Gasteiger partial charge in [0.15, 0.2) is 14.5 Å². The molecule has 1 atom stereocenters. The third-order valence-corrected chi connectivity index (χ3v) is 5.68. The molecule has 1 fully saturated rings. The summed E-state index contributed by atoms with van der Waals surface area (Å²) in [7, 11) is 0.768. The Morgan fingerprint density at radius 2 is 2.14 bits per heavy atom. The Hall–Kier alpha value is -1.06. The van der Waals surface area contributed by atoms with Crippen LogP contribution in [-0.2, 0) is 9.84 Å². The average molecular weight is 394 g/mol. The number of anilines is 1. The predicted octanol–water partition coefficient (Wildman–Crippen LogP) is 1.62. The highest BCUT2D eigenvalue weighted by Crippen LogP contribution is 2.21. The van der Waals surface area contributed by atoms with Gasteiger partial charge >= 0.3 is 6.03 Å². The van der Waals surface area contributed by atoms with E-state index in [0.717, 1.165) is 0 Å². The molecule has 1 N–H and O–H groups in total. The summed E-state index contributed by atoms with van der Waals surface area (Å²) in [6.45, 7) is 1.12. The van der Waals surface area contributed by atoms with Crippen molar-refractivity contribution < 1.29 is 17.6 Å². The van der Waals surface area contributed by atoms with Gasteiger partial charge in [0, 0.05) is 25.2 Å². The smallest absolute Gasteiger partial charge is 0.324 e. The van der Waals surface area contributed by atoms with Crippen LogP contribution in [0.25, 0.3) is 0 Å². The highest BCUT2D eigenvalue weighted by Gasteiger charge is 2.34. The third-order valence-electron chi connectivity index (χ3n) is 3.50. The summed E-state index contributed by atoms with van der Waals surface area (Å²) in [5.74, 6) is 0.485. The van der Waals surface area contributed by atoms with E-state index in [1.54, 1.807) is 17.0 Å². The number of furan rings is 1. The lowest BCUT2D eigenvalue weighted by Crippen LogP contribution is -2.46. The molecule has 2 heterocycles. The highest BCUT2D eigenvalue weighted by molar-refractivity contribution is 9.10. The third kappa shape index (κ3) is 4.72. The average Bonchev–Trinajstić information content (AvgIpc) is 2.95. The second-order valence-corrected chi connectivity index (χ2v) is 8.60. The molecule has 9 heteroatoms. The Morgan fingerprint density at radius 1 is 1.41 bits per heavy atom. The van der Waals surface area contributed by atoms with Crippen LogP contribution in [0.15, 0.2) is 21.2 Å². The maximum Gasteiger partial charge on any atom is 0.324 e. The highest BCUT2D eigenvalue weighted by atomic mass is 79.9. The molecule has 1 aromatic rings. The van der Waals surface area contributed by atoms with Crippen molar-refractivity contribution in [1.29, 1.82) is 0 Å². The monoisotopic (exact) mass is 393 g/mol. The van der Waals surface area contributed by atoms with Crippen molar-refractivity contribution in [3.8, 4) is 0 Å². The number of nitrogens with one attached hydrogen (secondary N) is 1. The number of carbonyl (C=O) groups excluding carboxylic acids is 1. The molecule has 22 heavy (non-hydrogen) atoms. The summed E-state index contributed by atoms with van der Waals surface area (Å²) < 4.78 is 29.1. The lowest BCUT2D eigenvalue weighted by molar-refractivity contribution is 0.185. The van der Waals surface area contributed by atoms with Gasteiger partial charge in [-0.3, -0.25) is 5.32 Å². The number of nitrogens with zero attached hydrogens (tertiary/aromatic N) is 2. The van der Waals surface area contributed by atoms with Crippen LogP contribution in [0.2, 0.25) is 0 Å². The van der Waals surface area contributed by atoms with E-state index in [4.69, 9.17) is 4.42 Å². The molecule has 0 aliphatic carbocycles. The number of carbonyl (C=O) groups is 1. The molecule has 7 nitrogen and oxygen atoms in total. The molecule has 0 saturated carbocycles. The molecule has 1 unspecified atom stereocenters. The number of hydrogen-bond acceptors (Lipinski definition) is 5. The summed E-state index contributed by atoms with van der Waals surface area (Å²) in [6.07, 6.45) is 0.477. The van der Waals surface area contributed by atoms with Gasteiger partial charge in [-0.15, -0.1) is 0 Å². The van der Waals surface area contributed by atoms with Crippen molar-refractivity contribution in [3.63, 3.8) is 0 Å². The van der Waals surface area contributed by atoms with E-state index in [9.17, 15) is 13.2 Å². The van der Waals surface area contributed by atoms with Crippen molar-refractivity contribution in [2.24, 2.45) is 0 Å². The van der Waals surface area contributed by atoms with Gasteiger partial charge < -0.3 is 14.2 Å². The van der Waals surface area contributed by atoms with Crippen LogP contribution in [0.3, 0.4) is 0 Å². The first-order valence-electron chi connectivity index (χ1n) is 6.95. The van der Waals surface area contributed by atoms with E-state index in [0.29, 0.717) is 30.1 Å². The first-order chi connectivity index (χ1) is 10.3. The Morgan fingerprint density at radius 3 is 2.64 bits per heavy atom. The summed E-state index contributed by atoms with van der Waals surface area (Å²) in [5.41, 5.74) is 0. The van der Waals surface area contributed by atoms with Crippen LogP contribution in [-0.4, -0.2) is 69.0 Å². The van der Waals surface area contributed by atoms with Gasteiger partial charge in [-0.1, -0.05) is 0 Å². The number of amides is 2. The summed E-state index contributed by atoms with van der Waals surface area (Å²) in [6, 6.07) is 2.69. The minimum atomic E-state index is -3.05. The Balaban J connectivity index is 2.07. The van der Waals surface area contributed by atoms with E-state index in [1.807, 2.05) is 19.0 Å². The van der Waals surface area contributed by atoms with Crippen molar-refractivity contribution >= 4 is 37.7 Å². The number of likely N-dealkylation sites (N-methyl/N-ethyl adjacent to an activating group) is 1. The Bertz CT molecular complexity index is 629. The predicted molar refractivity (Wildman–Crippen MR) is 87.7 cm³/mol. The number of sulfone groups is 1. The topological polar surface area (TPSA) is 82.9 Å². The van der Waals surface area contributed by atoms with Gasteiger partial charge in [0.2, 0.25) is 5.88 Å². The zero-order valence-corrected chi connectivity index (χ0v) is 15.0. The molecule has 1 aliphatic rings. The van der Waals surface area contributed by atoms with Crippen LogP contribution < -0.4 is 5.32 Å². The van der Waals surface area contributed by atoms with Crippen molar-refractivity contribution in [1.82, 2.24) is 9.80 Å². The van der Waals surface area contributed by atoms with Gasteiger partial charge in [0.1, 0.15) is 0 Å². The maximum atomic E-state index is 12.5. The molecular formula is C13H20BrN3O4S. The number of urea groups is 1. The van der Waals surface area contributed by atoms with Gasteiger partial charge in [-0.2, -0.15) is 0 Å². The zero-order chi connectivity index (χ0) is 16.3. The van der Waals surface area contributed by atoms with Crippen LogP contribution in [0, 0.1) is 0 Å². The molecule has 0 radical (unpaired) electrons. The second-order valence-electron chi connectivity index (χ2n) is 5.59. The molecule has 124 valence electrons. The molecule has 2 amide bonds. The van der Waals surface area contributed by atoms with E-state index >= 15 is 0 Å². The molecule has 1 saturated heterocycles. The molecular weight excluding hydrogens is 374 g/mol. The van der Waals surface area contributed by atoms with Crippen LogP contribution >= 0.6 is 15.9 Å². The molecule has 0 bridgehead atoms.